The first kappa shape index (κ1) is 14.4. The third-order valence-electron chi connectivity index (χ3n) is 2.97. The number of aryl methyl sites for hydroxylation is 1. The van der Waals surface area contributed by atoms with Crippen molar-refractivity contribution >= 4 is 15.9 Å². The number of aromatic nitrogens is 6. The molecular formula is C12H10BrFN6O2. The monoisotopic (exact) mass is 368 g/mol. The third-order valence-corrected chi connectivity index (χ3v) is 3.83. The maximum Gasteiger partial charge on any atom is 0.368 e. The van der Waals surface area contributed by atoms with E-state index in [1.807, 2.05) is 0 Å². The molecule has 0 aliphatic rings. The van der Waals surface area contributed by atoms with E-state index in [0.29, 0.717) is 17.1 Å². The Morgan fingerprint density at radius 2 is 2.18 bits per heavy atom. The number of H-pyrrole nitrogens is 1. The van der Waals surface area contributed by atoms with E-state index in [1.54, 1.807) is 6.07 Å². The maximum atomic E-state index is 13.8. The standard InChI is InChI=1S/C12H10BrFN6O2/c1-19-12(21)20(18-17-19)9-3-2-8(14)11(13)7(9)6-22-10-4-5-15-16-10/h2-5H,6H2,1H3,(H,15,16). The van der Waals surface area contributed by atoms with Gasteiger partial charge in [0, 0.05) is 18.7 Å². The molecule has 0 amide bonds. The molecule has 3 rings (SSSR count). The topological polar surface area (TPSA) is 90.6 Å². The van der Waals surface area contributed by atoms with Crippen LogP contribution in [0.25, 0.3) is 5.69 Å². The zero-order chi connectivity index (χ0) is 15.7. The largest absolute Gasteiger partial charge is 0.473 e. The van der Waals surface area contributed by atoms with Gasteiger partial charge in [-0.15, -0.1) is 0 Å². The molecule has 0 saturated heterocycles. The minimum absolute atomic E-state index is 0.0128. The van der Waals surface area contributed by atoms with E-state index >= 15 is 0 Å². The zero-order valence-corrected chi connectivity index (χ0v) is 12.9. The van der Waals surface area contributed by atoms with Gasteiger partial charge in [0.1, 0.15) is 12.4 Å². The zero-order valence-electron chi connectivity index (χ0n) is 11.3. The Morgan fingerprint density at radius 1 is 1.36 bits per heavy atom. The first-order valence-corrected chi connectivity index (χ1v) is 6.95. The molecule has 114 valence electrons. The Kier molecular flexibility index (Phi) is 3.75. The molecule has 0 aliphatic heterocycles. The summed E-state index contributed by atoms with van der Waals surface area (Å²) in [5.74, 6) is -0.0440. The van der Waals surface area contributed by atoms with Gasteiger partial charge in [-0.05, 0) is 38.5 Å². The number of halogens is 2. The lowest BCUT2D eigenvalue weighted by molar-refractivity contribution is 0.291. The molecule has 0 bridgehead atoms. The number of nitrogens with zero attached hydrogens (tertiary/aromatic N) is 5. The highest BCUT2D eigenvalue weighted by atomic mass is 79.9. The first-order chi connectivity index (χ1) is 10.6. The molecule has 1 N–H and O–H groups in total. The number of nitrogens with one attached hydrogen (secondary N) is 1. The number of benzene rings is 1. The average Bonchev–Trinajstić information content (AvgIpc) is 3.13. The van der Waals surface area contributed by atoms with Crippen molar-refractivity contribution in [3.63, 3.8) is 0 Å². The lowest BCUT2D eigenvalue weighted by Gasteiger charge is -2.11. The SMILES string of the molecule is Cn1nnn(-c2ccc(F)c(Br)c2COc2ccn[nH]2)c1=O. The third kappa shape index (κ3) is 2.52. The van der Waals surface area contributed by atoms with Gasteiger partial charge in [0.25, 0.3) is 0 Å². The van der Waals surface area contributed by atoms with Crippen molar-refractivity contribution in [2.24, 2.45) is 7.05 Å². The van der Waals surface area contributed by atoms with Crippen LogP contribution in [0, 0.1) is 5.82 Å². The van der Waals surface area contributed by atoms with E-state index in [1.165, 1.54) is 25.4 Å². The van der Waals surface area contributed by atoms with Gasteiger partial charge in [-0.1, -0.05) is 0 Å². The normalized spacial score (nSPS) is 10.9. The van der Waals surface area contributed by atoms with Crippen molar-refractivity contribution in [3.8, 4) is 11.6 Å². The van der Waals surface area contributed by atoms with Crippen LogP contribution in [-0.2, 0) is 13.7 Å². The van der Waals surface area contributed by atoms with Crippen LogP contribution in [0.5, 0.6) is 5.88 Å². The molecule has 0 unspecified atom stereocenters. The quantitative estimate of drug-likeness (QED) is 0.746. The van der Waals surface area contributed by atoms with Gasteiger partial charge < -0.3 is 4.74 Å². The predicted molar refractivity (Wildman–Crippen MR) is 77.2 cm³/mol. The number of tetrazole rings is 1. The van der Waals surface area contributed by atoms with Gasteiger partial charge in [-0.25, -0.2) is 14.3 Å². The molecule has 0 aliphatic carbocycles. The molecule has 0 saturated carbocycles. The van der Waals surface area contributed by atoms with Crippen molar-refractivity contribution in [3.05, 3.63) is 50.7 Å². The molecule has 2 heterocycles. The molecule has 1 aromatic carbocycles. The number of hydrogen-bond acceptors (Lipinski definition) is 5. The van der Waals surface area contributed by atoms with Gasteiger partial charge in [0.15, 0.2) is 0 Å². The summed E-state index contributed by atoms with van der Waals surface area (Å²) < 4.78 is 21.6. The summed E-state index contributed by atoms with van der Waals surface area (Å²) in [4.78, 5) is 12.0. The fourth-order valence-corrected chi connectivity index (χ4v) is 2.31. The molecular weight excluding hydrogens is 359 g/mol. The summed E-state index contributed by atoms with van der Waals surface area (Å²) in [7, 11) is 1.48. The van der Waals surface area contributed by atoms with E-state index < -0.39 is 11.5 Å². The fraction of sp³-hybridized carbons (Fsp3) is 0.167. The van der Waals surface area contributed by atoms with Crippen molar-refractivity contribution in [2.75, 3.05) is 0 Å². The number of aromatic amines is 1. The lowest BCUT2D eigenvalue weighted by Crippen LogP contribution is -2.23. The first-order valence-electron chi connectivity index (χ1n) is 6.16. The second kappa shape index (κ2) is 5.72. The van der Waals surface area contributed by atoms with E-state index in [2.05, 4.69) is 36.6 Å². The van der Waals surface area contributed by atoms with E-state index in [-0.39, 0.29) is 11.1 Å². The molecule has 10 heteroatoms. The van der Waals surface area contributed by atoms with E-state index in [9.17, 15) is 9.18 Å². The highest BCUT2D eigenvalue weighted by molar-refractivity contribution is 9.10. The van der Waals surface area contributed by atoms with Gasteiger partial charge in [-0.2, -0.15) is 14.5 Å². The van der Waals surface area contributed by atoms with Crippen LogP contribution >= 0.6 is 15.9 Å². The van der Waals surface area contributed by atoms with E-state index in [4.69, 9.17) is 4.74 Å². The van der Waals surface area contributed by atoms with Gasteiger partial charge in [0.05, 0.1) is 16.4 Å². The molecule has 0 atom stereocenters. The van der Waals surface area contributed by atoms with Crippen molar-refractivity contribution in [1.29, 1.82) is 0 Å². The van der Waals surface area contributed by atoms with Crippen LogP contribution in [0.2, 0.25) is 0 Å². The van der Waals surface area contributed by atoms with Gasteiger partial charge in [-0.3, -0.25) is 0 Å². The summed E-state index contributed by atoms with van der Waals surface area (Å²) in [6.45, 7) is 0.0128. The number of ether oxygens (including phenoxy) is 1. The minimum Gasteiger partial charge on any atom is -0.473 e. The Balaban J connectivity index is 2.04. The molecule has 3 aromatic rings. The van der Waals surface area contributed by atoms with Crippen LogP contribution in [0.15, 0.2) is 33.7 Å². The molecule has 0 spiro atoms. The van der Waals surface area contributed by atoms with Crippen LogP contribution in [0.3, 0.4) is 0 Å². The van der Waals surface area contributed by atoms with Crippen molar-refractivity contribution < 1.29 is 9.13 Å². The van der Waals surface area contributed by atoms with Crippen molar-refractivity contribution in [2.45, 2.75) is 6.61 Å². The fourth-order valence-electron chi connectivity index (χ4n) is 1.86. The maximum absolute atomic E-state index is 13.8. The molecule has 8 nitrogen and oxygen atoms in total. The lowest BCUT2D eigenvalue weighted by atomic mass is 10.2. The molecule has 0 fully saturated rings. The summed E-state index contributed by atoms with van der Waals surface area (Å²) in [5.41, 5.74) is 0.365. The minimum atomic E-state index is -0.469. The van der Waals surface area contributed by atoms with Crippen LogP contribution < -0.4 is 10.4 Å². The molecule has 0 radical (unpaired) electrons. The molecule has 22 heavy (non-hydrogen) atoms. The summed E-state index contributed by atoms with van der Waals surface area (Å²) in [6.07, 6.45) is 1.53. The highest BCUT2D eigenvalue weighted by Gasteiger charge is 2.17. The Hall–Kier alpha value is -2.49. The predicted octanol–water partition coefficient (Wildman–Crippen LogP) is 1.17. The second-order valence-electron chi connectivity index (χ2n) is 4.37. The van der Waals surface area contributed by atoms with Crippen molar-refractivity contribution in [1.82, 2.24) is 30.0 Å². The Morgan fingerprint density at radius 3 is 2.82 bits per heavy atom. The average molecular weight is 369 g/mol. The smallest absolute Gasteiger partial charge is 0.368 e. The second-order valence-corrected chi connectivity index (χ2v) is 5.16. The number of hydrogen-bond donors (Lipinski definition) is 1. The summed E-state index contributed by atoms with van der Waals surface area (Å²) in [5, 5.41) is 13.8. The number of rotatable bonds is 4. The van der Waals surface area contributed by atoms with E-state index in [0.717, 1.165) is 9.36 Å². The Bertz CT molecular complexity index is 857. The van der Waals surface area contributed by atoms with Gasteiger partial charge in [0.2, 0.25) is 5.88 Å². The van der Waals surface area contributed by atoms with Crippen LogP contribution in [0.4, 0.5) is 4.39 Å². The van der Waals surface area contributed by atoms with Crippen LogP contribution in [-0.4, -0.2) is 30.0 Å². The van der Waals surface area contributed by atoms with Crippen LogP contribution in [0.1, 0.15) is 5.56 Å². The summed E-state index contributed by atoms with van der Waals surface area (Å²) in [6, 6.07) is 4.31. The summed E-state index contributed by atoms with van der Waals surface area (Å²) >= 11 is 3.17. The molecule has 2 aromatic heterocycles. The Labute approximate surface area is 131 Å². The highest BCUT2D eigenvalue weighted by Crippen LogP contribution is 2.27. The van der Waals surface area contributed by atoms with Gasteiger partial charge >= 0.3 is 5.69 Å².